The summed E-state index contributed by atoms with van der Waals surface area (Å²) in [5.41, 5.74) is 12.4. The van der Waals surface area contributed by atoms with Crippen molar-refractivity contribution in [1.82, 2.24) is 4.98 Å². The monoisotopic (exact) mass is 587 g/mol. The van der Waals surface area contributed by atoms with Gasteiger partial charge in [0.15, 0.2) is 0 Å². The number of hydrogen-bond donors (Lipinski definition) is 1. The molecule has 3 aromatic heterocycles. The van der Waals surface area contributed by atoms with E-state index in [1.54, 1.807) is 11.3 Å². The number of pyridine rings is 1. The first-order valence-electron chi connectivity index (χ1n) is 15.0. The molecule has 0 amide bonds. The molecular weight excluding hydrogens is 559 g/mol. The van der Waals surface area contributed by atoms with Gasteiger partial charge in [0.25, 0.3) is 0 Å². The molecule has 1 aliphatic rings. The highest BCUT2D eigenvalue weighted by Crippen LogP contribution is 2.52. The molecule has 1 N–H and O–H groups in total. The van der Waals surface area contributed by atoms with Gasteiger partial charge in [-0.15, -0.1) is 11.3 Å². The number of furan rings is 1. The maximum absolute atomic E-state index is 6.49. The molecule has 5 aromatic carbocycles. The minimum atomic E-state index is -0.101. The van der Waals surface area contributed by atoms with Crippen LogP contribution in [0.15, 0.2) is 114 Å². The summed E-state index contributed by atoms with van der Waals surface area (Å²) >= 11 is 1.79. The standard InChI is InChI=1S/C39H29N3OS/c1-22-17-18-28(37-34(22)27-19-20-30(41-39(27)44-37)25-11-5-4-6-12-25)38-40-31-14-8-9-15-32(31)42(38)35-23(2)21-29-26-13-7-10-16-33(26)43-36(29)24(35)3/h4-21,38,40H,1-3H3. The zero-order valence-corrected chi connectivity index (χ0v) is 25.5. The van der Waals surface area contributed by atoms with Crippen molar-refractivity contribution in [2.75, 3.05) is 10.2 Å². The Bertz CT molecular complexity index is 2420. The van der Waals surface area contributed by atoms with Crippen LogP contribution in [-0.2, 0) is 0 Å². The fourth-order valence-corrected chi connectivity index (χ4v) is 8.39. The second-order valence-electron chi connectivity index (χ2n) is 11.8. The topological polar surface area (TPSA) is 41.3 Å². The molecule has 0 bridgehead atoms. The number of anilines is 3. The Hall–Kier alpha value is -5.13. The van der Waals surface area contributed by atoms with Crippen molar-refractivity contribution in [2.24, 2.45) is 0 Å². The van der Waals surface area contributed by atoms with Crippen LogP contribution >= 0.6 is 11.3 Å². The van der Waals surface area contributed by atoms with Crippen LogP contribution in [0.3, 0.4) is 0 Å². The van der Waals surface area contributed by atoms with Gasteiger partial charge >= 0.3 is 0 Å². The van der Waals surface area contributed by atoms with Crippen molar-refractivity contribution in [3.63, 3.8) is 0 Å². The third kappa shape index (κ3) is 3.60. The first-order valence-corrected chi connectivity index (χ1v) is 15.8. The number of nitrogens with one attached hydrogen (secondary N) is 1. The summed E-state index contributed by atoms with van der Waals surface area (Å²) in [6.07, 6.45) is -0.101. The van der Waals surface area contributed by atoms with Gasteiger partial charge in [0, 0.05) is 42.9 Å². The van der Waals surface area contributed by atoms with E-state index >= 15 is 0 Å². The molecule has 0 spiro atoms. The SMILES string of the molecule is Cc1cc2c(oc3ccccc32)c(C)c1N1c2ccccc2NC1c1ccc(C)c2c1sc1nc(-c3ccccc3)ccc12. The van der Waals surface area contributed by atoms with Gasteiger partial charge in [0.2, 0.25) is 0 Å². The lowest BCUT2D eigenvalue weighted by Crippen LogP contribution is -2.25. The molecule has 1 aliphatic heterocycles. The van der Waals surface area contributed by atoms with E-state index in [9.17, 15) is 0 Å². The normalized spacial score (nSPS) is 14.6. The Labute approximate surface area is 259 Å². The number of nitrogens with zero attached hydrogens (tertiary/aromatic N) is 2. The zero-order valence-electron chi connectivity index (χ0n) is 24.7. The summed E-state index contributed by atoms with van der Waals surface area (Å²) in [5, 5.41) is 8.72. The van der Waals surface area contributed by atoms with Crippen molar-refractivity contribution in [3.05, 3.63) is 131 Å². The predicted molar refractivity (Wildman–Crippen MR) is 185 cm³/mol. The molecule has 8 aromatic rings. The molecule has 9 rings (SSSR count). The van der Waals surface area contributed by atoms with E-state index in [1.807, 2.05) is 12.1 Å². The van der Waals surface area contributed by atoms with E-state index in [4.69, 9.17) is 9.40 Å². The molecule has 4 nitrogen and oxygen atoms in total. The fourth-order valence-electron chi connectivity index (χ4n) is 7.10. The molecular formula is C39H29N3OS. The van der Waals surface area contributed by atoms with Crippen LogP contribution in [-0.4, -0.2) is 4.98 Å². The molecule has 0 saturated heterocycles. The van der Waals surface area contributed by atoms with Gasteiger partial charge in [-0.2, -0.15) is 0 Å². The van der Waals surface area contributed by atoms with Gasteiger partial charge < -0.3 is 14.6 Å². The fraction of sp³-hybridized carbons (Fsp3) is 0.103. The summed E-state index contributed by atoms with van der Waals surface area (Å²) < 4.78 is 7.76. The van der Waals surface area contributed by atoms with Gasteiger partial charge in [-0.1, -0.05) is 72.8 Å². The Morgan fingerprint density at radius 1 is 0.750 bits per heavy atom. The quantitative estimate of drug-likeness (QED) is 0.223. The second kappa shape index (κ2) is 9.43. The van der Waals surface area contributed by atoms with E-state index in [-0.39, 0.29) is 6.17 Å². The Morgan fingerprint density at radius 3 is 2.43 bits per heavy atom. The highest BCUT2D eigenvalue weighted by molar-refractivity contribution is 7.25. The first-order chi connectivity index (χ1) is 21.6. The van der Waals surface area contributed by atoms with Crippen LogP contribution in [0.1, 0.15) is 28.4 Å². The Morgan fingerprint density at radius 2 is 1.55 bits per heavy atom. The molecule has 1 unspecified atom stereocenters. The Kier molecular flexibility index (Phi) is 5.44. The zero-order chi connectivity index (χ0) is 29.5. The Balaban J connectivity index is 1.27. The maximum atomic E-state index is 6.49. The molecule has 0 fully saturated rings. The lowest BCUT2D eigenvalue weighted by atomic mass is 9.99. The van der Waals surface area contributed by atoms with Crippen LogP contribution in [0.2, 0.25) is 0 Å². The average Bonchev–Trinajstić information content (AvgIpc) is 3.74. The number of aromatic nitrogens is 1. The minimum Gasteiger partial charge on any atom is -0.456 e. The minimum absolute atomic E-state index is 0.101. The summed E-state index contributed by atoms with van der Waals surface area (Å²) in [7, 11) is 0. The lowest BCUT2D eigenvalue weighted by molar-refractivity contribution is 0.665. The van der Waals surface area contributed by atoms with Crippen molar-refractivity contribution in [1.29, 1.82) is 0 Å². The van der Waals surface area contributed by atoms with Crippen LogP contribution < -0.4 is 10.2 Å². The van der Waals surface area contributed by atoms with Crippen LogP contribution in [0.5, 0.6) is 0 Å². The summed E-state index contributed by atoms with van der Waals surface area (Å²) in [5.74, 6) is 0. The van der Waals surface area contributed by atoms with Crippen molar-refractivity contribution in [2.45, 2.75) is 26.9 Å². The molecule has 4 heterocycles. The number of rotatable bonds is 3. The van der Waals surface area contributed by atoms with Gasteiger partial charge in [-0.3, -0.25) is 0 Å². The number of para-hydroxylation sites is 3. The molecule has 44 heavy (non-hydrogen) atoms. The van der Waals surface area contributed by atoms with Crippen LogP contribution in [0.4, 0.5) is 17.1 Å². The van der Waals surface area contributed by atoms with Gasteiger partial charge in [0.05, 0.1) is 22.8 Å². The molecule has 212 valence electrons. The van der Waals surface area contributed by atoms with E-state index in [0.717, 1.165) is 43.9 Å². The number of hydrogen-bond acceptors (Lipinski definition) is 5. The number of benzene rings is 5. The van der Waals surface area contributed by atoms with Crippen molar-refractivity contribution >= 4 is 70.6 Å². The summed E-state index contributed by atoms with van der Waals surface area (Å²) in [6.45, 7) is 6.63. The molecule has 5 heteroatoms. The van der Waals surface area contributed by atoms with E-state index in [1.165, 1.54) is 48.9 Å². The summed E-state index contributed by atoms with van der Waals surface area (Å²) in [6, 6.07) is 38.6. The highest BCUT2D eigenvalue weighted by Gasteiger charge is 2.35. The van der Waals surface area contributed by atoms with Crippen molar-refractivity contribution in [3.8, 4) is 11.3 Å². The first kappa shape index (κ1) is 25.4. The number of fused-ring (bicyclic) bond motifs is 7. The average molecular weight is 588 g/mol. The predicted octanol–water partition coefficient (Wildman–Crippen LogP) is 11.2. The van der Waals surface area contributed by atoms with Crippen LogP contribution in [0.25, 0.3) is 53.5 Å². The highest BCUT2D eigenvalue weighted by atomic mass is 32.1. The van der Waals surface area contributed by atoms with E-state index < -0.39 is 0 Å². The molecule has 0 aliphatic carbocycles. The molecule has 0 saturated carbocycles. The third-order valence-corrected chi connectivity index (χ3v) is 10.3. The lowest BCUT2D eigenvalue weighted by Gasteiger charge is -2.30. The third-order valence-electron chi connectivity index (χ3n) is 9.11. The van der Waals surface area contributed by atoms with Crippen molar-refractivity contribution < 1.29 is 4.42 Å². The summed E-state index contributed by atoms with van der Waals surface area (Å²) in [4.78, 5) is 8.70. The number of aryl methyl sites for hydroxylation is 3. The van der Waals surface area contributed by atoms with Gasteiger partial charge in [-0.25, -0.2) is 4.98 Å². The largest absolute Gasteiger partial charge is 0.456 e. The smallest absolute Gasteiger partial charge is 0.140 e. The maximum Gasteiger partial charge on any atom is 0.140 e. The van der Waals surface area contributed by atoms with E-state index in [0.29, 0.717) is 0 Å². The molecule has 0 radical (unpaired) electrons. The molecule has 1 atom stereocenters. The number of thiophene rings is 1. The van der Waals surface area contributed by atoms with Gasteiger partial charge in [0.1, 0.15) is 22.2 Å². The van der Waals surface area contributed by atoms with E-state index in [2.05, 4.69) is 128 Å². The van der Waals surface area contributed by atoms with Crippen LogP contribution in [0, 0.1) is 20.8 Å². The van der Waals surface area contributed by atoms with Gasteiger partial charge in [-0.05, 0) is 68.3 Å². The second-order valence-corrected chi connectivity index (χ2v) is 12.8.